The van der Waals surface area contributed by atoms with Gasteiger partial charge in [-0.05, 0) is 44.3 Å². The van der Waals surface area contributed by atoms with Crippen LogP contribution in [-0.4, -0.2) is 65.4 Å². The Kier molecular flexibility index (Phi) is 3.94. The van der Waals surface area contributed by atoms with Gasteiger partial charge >= 0.3 is 0 Å². The van der Waals surface area contributed by atoms with Crippen molar-refractivity contribution in [3.63, 3.8) is 0 Å². The SMILES string of the molecule is O=C(NC1CN2CCC1CC2)c1cc2c(C(=O)N3CCC3)csc2cn1. The second-order valence-electron chi connectivity index (χ2n) is 7.58. The van der Waals surface area contributed by atoms with Crippen molar-refractivity contribution in [2.45, 2.75) is 25.3 Å². The molecule has 6 rings (SSSR count). The topological polar surface area (TPSA) is 65.5 Å². The zero-order valence-corrected chi connectivity index (χ0v) is 15.4. The number of nitrogens with one attached hydrogen (secondary N) is 1. The molecule has 4 aliphatic rings. The Labute approximate surface area is 156 Å². The normalized spacial score (nSPS) is 27.4. The highest BCUT2D eigenvalue weighted by atomic mass is 32.1. The number of pyridine rings is 1. The van der Waals surface area contributed by atoms with Gasteiger partial charge in [0.1, 0.15) is 5.69 Å². The van der Waals surface area contributed by atoms with E-state index in [4.69, 9.17) is 0 Å². The van der Waals surface area contributed by atoms with E-state index in [-0.39, 0.29) is 17.9 Å². The number of carbonyl (C=O) groups is 2. The predicted octanol–water partition coefficient (Wildman–Crippen LogP) is 1.97. The molecular formula is C19H22N4O2S. The summed E-state index contributed by atoms with van der Waals surface area (Å²) in [6, 6.07) is 2.00. The summed E-state index contributed by atoms with van der Waals surface area (Å²) in [6.45, 7) is 4.90. The van der Waals surface area contributed by atoms with Crippen LogP contribution >= 0.6 is 11.3 Å². The summed E-state index contributed by atoms with van der Waals surface area (Å²) in [5, 5.41) is 5.92. The fraction of sp³-hybridized carbons (Fsp3) is 0.526. The van der Waals surface area contributed by atoms with Crippen LogP contribution in [0, 0.1) is 5.92 Å². The first kappa shape index (κ1) is 16.2. The minimum Gasteiger partial charge on any atom is -0.346 e. The van der Waals surface area contributed by atoms with Gasteiger partial charge in [-0.2, -0.15) is 0 Å². The Hall–Kier alpha value is -1.99. The van der Waals surface area contributed by atoms with Gasteiger partial charge in [0.2, 0.25) is 0 Å². The standard InChI is InChI=1S/C19H22N4O2S/c24-18(21-16-10-22-6-2-12(16)3-7-22)15-8-13-14(11-26-17(13)9-20-15)19(25)23-4-1-5-23/h8-9,11-12,16H,1-7,10H2,(H,21,24). The van der Waals surface area contributed by atoms with E-state index in [2.05, 4.69) is 15.2 Å². The molecule has 1 atom stereocenters. The van der Waals surface area contributed by atoms with Gasteiger partial charge in [-0.25, -0.2) is 4.98 Å². The van der Waals surface area contributed by atoms with Gasteiger partial charge in [0.05, 0.1) is 10.3 Å². The number of hydrogen-bond acceptors (Lipinski definition) is 5. The molecule has 0 aromatic carbocycles. The third kappa shape index (κ3) is 2.70. The van der Waals surface area contributed by atoms with E-state index in [0.717, 1.165) is 62.1 Å². The Bertz CT molecular complexity index is 868. The highest BCUT2D eigenvalue weighted by Gasteiger charge is 2.35. The molecule has 2 bridgehead atoms. The molecule has 0 spiro atoms. The third-order valence-electron chi connectivity index (χ3n) is 6.04. The second kappa shape index (κ2) is 6.32. The molecule has 7 heteroatoms. The van der Waals surface area contributed by atoms with Crippen LogP contribution < -0.4 is 5.32 Å². The minimum absolute atomic E-state index is 0.0671. The fourth-order valence-electron chi connectivity index (χ4n) is 4.28. The molecule has 1 N–H and O–H groups in total. The number of amides is 2. The average molecular weight is 370 g/mol. The van der Waals surface area contributed by atoms with Crippen LogP contribution in [0.5, 0.6) is 0 Å². The van der Waals surface area contributed by atoms with Crippen LogP contribution in [0.15, 0.2) is 17.6 Å². The quantitative estimate of drug-likeness (QED) is 0.897. The lowest BCUT2D eigenvalue weighted by atomic mass is 9.84. The van der Waals surface area contributed by atoms with Crippen molar-refractivity contribution in [2.75, 3.05) is 32.7 Å². The number of rotatable bonds is 3. The van der Waals surface area contributed by atoms with E-state index in [9.17, 15) is 9.59 Å². The lowest BCUT2D eigenvalue weighted by molar-refractivity contribution is 0.0617. The van der Waals surface area contributed by atoms with E-state index in [1.807, 2.05) is 10.3 Å². The maximum Gasteiger partial charge on any atom is 0.270 e. The molecular weight excluding hydrogens is 348 g/mol. The molecule has 1 unspecified atom stereocenters. The molecule has 4 fully saturated rings. The number of nitrogens with zero attached hydrogens (tertiary/aromatic N) is 3. The van der Waals surface area contributed by atoms with Gasteiger partial charge in [-0.15, -0.1) is 11.3 Å². The summed E-state index contributed by atoms with van der Waals surface area (Å²) in [4.78, 5) is 34.0. The van der Waals surface area contributed by atoms with Gasteiger partial charge in [-0.1, -0.05) is 0 Å². The lowest BCUT2D eigenvalue weighted by Gasteiger charge is -2.44. The Balaban J connectivity index is 1.38. The lowest BCUT2D eigenvalue weighted by Crippen LogP contribution is -2.57. The molecule has 4 saturated heterocycles. The molecule has 6 heterocycles. The molecule has 4 aliphatic heterocycles. The van der Waals surface area contributed by atoms with Crippen LogP contribution in [-0.2, 0) is 0 Å². The number of hydrogen-bond donors (Lipinski definition) is 1. The number of aromatic nitrogens is 1. The van der Waals surface area contributed by atoms with Gasteiger partial charge in [0, 0.05) is 42.6 Å². The molecule has 0 saturated carbocycles. The summed E-state index contributed by atoms with van der Waals surface area (Å²) in [6.07, 6.45) is 5.12. The van der Waals surface area contributed by atoms with Crippen molar-refractivity contribution >= 4 is 33.2 Å². The predicted molar refractivity (Wildman–Crippen MR) is 101 cm³/mol. The first-order valence-electron chi connectivity index (χ1n) is 9.39. The van der Waals surface area contributed by atoms with Crippen LogP contribution in [0.4, 0.5) is 0 Å². The van der Waals surface area contributed by atoms with Crippen molar-refractivity contribution in [1.29, 1.82) is 0 Å². The second-order valence-corrected chi connectivity index (χ2v) is 8.49. The van der Waals surface area contributed by atoms with Crippen molar-refractivity contribution < 1.29 is 9.59 Å². The van der Waals surface area contributed by atoms with Crippen LogP contribution in [0.3, 0.4) is 0 Å². The van der Waals surface area contributed by atoms with Gasteiger partial charge in [-0.3, -0.25) is 9.59 Å². The molecule has 0 aliphatic carbocycles. The maximum atomic E-state index is 12.8. The van der Waals surface area contributed by atoms with Crippen LogP contribution in [0.1, 0.15) is 40.1 Å². The van der Waals surface area contributed by atoms with E-state index < -0.39 is 0 Å². The molecule has 2 aromatic heterocycles. The Morgan fingerprint density at radius 3 is 2.65 bits per heavy atom. The summed E-state index contributed by atoms with van der Waals surface area (Å²) < 4.78 is 0.952. The zero-order valence-electron chi connectivity index (χ0n) is 14.6. The molecule has 2 aromatic rings. The molecule has 6 nitrogen and oxygen atoms in total. The van der Waals surface area contributed by atoms with E-state index in [1.54, 1.807) is 12.3 Å². The highest BCUT2D eigenvalue weighted by Crippen LogP contribution is 2.29. The van der Waals surface area contributed by atoms with E-state index >= 15 is 0 Å². The highest BCUT2D eigenvalue weighted by molar-refractivity contribution is 7.17. The Morgan fingerprint density at radius 2 is 2.00 bits per heavy atom. The number of carbonyl (C=O) groups excluding carboxylic acids is 2. The number of thiophene rings is 1. The monoisotopic (exact) mass is 370 g/mol. The number of piperidine rings is 3. The van der Waals surface area contributed by atoms with Gasteiger partial charge < -0.3 is 15.1 Å². The maximum absolute atomic E-state index is 12.8. The third-order valence-corrected chi connectivity index (χ3v) is 6.97. The van der Waals surface area contributed by atoms with Crippen molar-refractivity contribution in [1.82, 2.24) is 20.1 Å². The van der Waals surface area contributed by atoms with Crippen LogP contribution in [0.25, 0.3) is 10.1 Å². The molecule has 0 radical (unpaired) electrons. The molecule has 26 heavy (non-hydrogen) atoms. The minimum atomic E-state index is -0.126. The summed E-state index contributed by atoms with van der Waals surface area (Å²) in [5.41, 5.74) is 1.11. The Morgan fingerprint density at radius 1 is 1.19 bits per heavy atom. The molecule has 136 valence electrons. The van der Waals surface area contributed by atoms with Crippen molar-refractivity contribution in [3.8, 4) is 0 Å². The number of likely N-dealkylation sites (tertiary alicyclic amines) is 1. The fourth-order valence-corrected chi connectivity index (χ4v) is 5.17. The number of fused-ring (bicyclic) bond motifs is 4. The first-order valence-corrected chi connectivity index (χ1v) is 10.3. The van der Waals surface area contributed by atoms with Crippen molar-refractivity contribution in [3.05, 3.63) is 28.9 Å². The smallest absolute Gasteiger partial charge is 0.270 e. The van der Waals surface area contributed by atoms with Gasteiger partial charge in [0.25, 0.3) is 11.8 Å². The summed E-state index contributed by atoms with van der Waals surface area (Å²) in [7, 11) is 0. The average Bonchev–Trinajstić information content (AvgIpc) is 3.04. The summed E-state index contributed by atoms with van der Waals surface area (Å²) >= 11 is 1.51. The summed E-state index contributed by atoms with van der Waals surface area (Å²) in [5.74, 6) is 0.522. The van der Waals surface area contributed by atoms with Crippen LogP contribution in [0.2, 0.25) is 0 Å². The van der Waals surface area contributed by atoms with Crippen molar-refractivity contribution in [2.24, 2.45) is 5.92 Å². The largest absolute Gasteiger partial charge is 0.346 e. The zero-order chi connectivity index (χ0) is 17.7. The van der Waals surface area contributed by atoms with E-state index in [1.165, 1.54) is 11.3 Å². The molecule has 2 amide bonds. The van der Waals surface area contributed by atoms with E-state index in [0.29, 0.717) is 17.2 Å². The van der Waals surface area contributed by atoms with Gasteiger partial charge in [0.15, 0.2) is 0 Å². The first-order chi connectivity index (χ1) is 12.7.